The summed E-state index contributed by atoms with van der Waals surface area (Å²) in [6.45, 7) is 5.97. The number of fused-ring (bicyclic) bond motifs is 1. The number of rotatable bonds is 2. The van der Waals surface area contributed by atoms with Gasteiger partial charge in [0, 0.05) is 50.3 Å². The summed E-state index contributed by atoms with van der Waals surface area (Å²) in [6.07, 6.45) is 6.38. The van der Waals surface area contributed by atoms with Crippen LogP contribution in [0.2, 0.25) is 0 Å². The summed E-state index contributed by atoms with van der Waals surface area (Å²) in [4.78, 5) is 22.6. The smallest absolute Gasteiger partial charge is 0.268 e. The first kappa shape index (κ1) is 18.5. The standard InChI is InChI=1S/C23H29N5O/c1-26-11-13-27(14-12-26)17-3-4-20-18(15-17)21(19(16-24)22(29)25-20)28-9-7-23(8-10-28)5-2-6-23/h3-4,15H,2,5-14H2,1H3,(H,25,29). The molecule has 0 unspecified atom stereocenters. The number of piperazine rings is 1. The maximum atomic E-state index is 12.6. The Hall–Kier alpha value is -2.52. The van der Waals surface area contributed by atoms with Gasteiger partial charge >= 0.3 is 0 Å². The van der Waals surface area contributed by atoms with E-state index in [1.54, 1.807) is 0 Å². The highest BCUT2D eigenvalue weighted by molar-refractivity contribution is 5.96. The van der Waals surface area contributed by atoms with Crippen molar-refractivity contribution in [3.05, 3.63) is 34.1 Å². The monoisotopic (exact) mass is 391 g/mol. The van der Waals surface area contributed by atoms with Crippen LogP contribution in [0.25, 0.3) is 10.9 Å². The van der Waals surface area contributed by atoms with Gasteiger partial charge < -0.3 is 19.7 Å². The van der Waals surface area contributed by atoms with Crippen LogP contribution in [0.1, 0.15) is 37.7 Å². The Kier molecular flexibility index (Phi) is 4.51. The molecule has 1 saturated carbocycles. The van der Waals surface area contributed by atoms with Gasteiger partial charge in [-0.05, 0) is 56.3 Å². The summed E-state index contributed by atoms with van der Waals surface area (Å²) < 4.78 is 0. The Bertz CT molecular complexity index is 1010. The van der Waals surface area contributed by atoms with E-state index in [-0.39, 0.29) is 11.1 Å². The van der Waals surface area contributed by atoms with Gasteiger partial charge in [0.1, 0.15) is 11.6 Å². The van der Waals surface area contributed by atoms with Crippen molar-refractivity contribution >= 4 is 22.3 Å². The molecule has 2 aliphatic heterocycles. The molecule has 152 valence electrons. The lowest BCUT2D eigenvalue weighted by Gasteiger charge is -2.48. The van der Waals surface area contributed by atoms with Gasteiger partial charge in [0.25, 0.3) is 5.56 Å². The number of nitriles is 1. The van der Waals surface area contributed by atoms with Gasteiger partial charge in [0.2, 0.25) is 0 Å². The van der Waals surface area contributed by atoms with Gasteiger partial charge in [-0.1, -0.05) is 6.42 Å². The van der Waals surface area contributed by atoms with Crippen LogP contribution in [0, 0.1) is 16.7 Å². The number of likely N-dealkylation sites (N-methyl/N-ethyl adjacent to an activating group) is 1. The maximum Gasteiger partial charge on any atom is 0.268 e. The summed E-state index contributed by atoms with van der Waals surface area (Å²) in [5.74, 6) is 0. The summed E-state index contributed by atoms with van der Waals surface area (Å²) in [5.41, 5.74) is 3.37. The molecule has 0 radical (unpaired) electrons. The quantitative estimate of drug-likeness (QED) is 0.853. The molecule has 3 fully saturated rings. The van der Waals surface area contributed by atoms with Crippen LogP contribution in [0.5, 0.6) is 0 Å². The van der Waals surface area contributed by atoms with Crippen molar-refractivity contribution in [1.29, 1.82) is 5.26 Å². The average Bonchev–Trinajstić information content (AvgIpc) is 2.72. The number of benzene rings is 1. The molecule has 29 heavy (non-hydrogen) atoms. The lowest BCUT2D eigenvalue weighted by molar-refractivity contribution is 0.0956. The highest BCUT2D eigenvalue weighted by atomic mass is 16.1. The topological polar surface area (TPSA) is 66.4 Å². The molecule has 0 bridgehead atoms. The minimum absolute atomic E-state index is 0.262. The lowest BCUT2D eigenvalue weighted by atomic mass is 9.63. The number of nitrogens with zero attached hydrogens (tertiary/aromatic N) is 4. The van der Waals surface area contributed by atoms with E-state index in [9.17, 15) is 10.1 Å². The third kappa shape index (κ3) is 3.18. The molecule has 3 heterocycles. The second-order valence-electron chi connectivity index (χ2n) is 9.15. The van der Waals surface area contributed by atoms with Crippen molar-refractivity contribution in [2.75, 3.05) is 56.1 Å². The average molecular weight is 392 g/mol. The molecule has 2 aromatic rings. The van der Waals surface area contributed by atoms with E-state index >= 15 is 0 Å². The number of hydrogen-bond donors (Lipinski definition) is 1. The van der Waals surface area contributed by atoms with E-state index in [1.165, 1.54) is 37.8 Å². The molecule has 1 N–H and O–H groups in total. The highest BCUT2D eigenvalue weighted by Gasteiger charge is 2.40. The van der Waals surface area contributed by atoms with Gasteiger partial charge in [-0.15, -0.1) is 0 Å². The molecule has 3 aliphatic rings. The fourth-order valence-electron chi connectivity index (χ4n) is 5.34. The first-order valence-corrected chi connectivity index (χ1v) is 10.9. The number of aromatic nitrogens is 1. The maximum absolute atomic E-state index is 12.6. The number of hydrogen-bond acceptors (Lipinski definition) is 5. The number of anilines is 2. The second kappa shape index (κ2) is 7.07. The minimum atomic E-state index is -0.272. The van der Waals surface area contributed by atoms with Crippen molar-refractivity contribution in [2.45, 2.75) is 32.1 Å². The van der Waals surface area contributed by atoms with Gasteiger partial charge in [-0.2, -0.15) is 5.26 Å². The zero-order valence-corrected chi connectivity index (χ0v) is 17.2. The normalized spacial score (nSPS) is 21.9. The van der Waals surface area contributed by atoms with E-state index in [2.05, 4.69) is 44.9 Å². The minimum Gasteiger partial charge on any atom is -0.370 e. The molecular formula is C23H29N5O. The lowest BCUT2D eigenvalue weighted by Crippen LogP contribution is -2.44. The Morgan fingerprint density at radius 1 is 1.00 bits per heavy atom. The fourth-order valence-corrected chi connectivity index (χ4v) is 5.34. The van der Waals surface area contributed by atoms with Crippen LogP contribution in [0.3, 0.4) is 0 Å². The van der Waals surface area contributed by atoms with Crippen LogP contribution in [0.15, 0.2) is 23.0 Å². The van der Waals surface area contributed by atoms with Crippen molar-refractivity contribution in [1.82, 2.24) is 9.88 Å². The molecule has 1 aromatic carbocycles. The van der Waals surface area contributed by atoms with Crippen LogP contribution in [0.4, 0.5) is 11.4 Å². The Morgan fingerprint density at radius 2 is 1.72 bits per heavy atom. The number of piperidine rings is 1. The summed E-state index contributed by atoms with van der Waals surface area (Å²) in [7, 11) is 2.16. The van der Waals surface area contributed by atoms with Crippen molar-refractivity contribution in [3.63, 3.8) is 0 Å². The largest absolute Gasteiger partial charge is 0.370 e. The third-order valence-electron chi connectivity index (χ3n) is 7.51. The SMILES string of the molecule is CN1CCN(c2ccc3[nH]c(=O)c(C#N)c(N4CCC5(CCC5)CC4)c3c2)CC1. The van der Waals surface area contributed by atoms with Gasteiger partial charge in [-0.3, -0.25) is 4.79 Å². The van der Waals surface area contributed by atoms with Crippen molar-refractivity contribution in [2.24, 2.45) is 5.41 Å². The predicted molar refractivity (Wildman–Crippen MR) is 117 cm³/mol. The molecule has 5 rings (SSSR count). The van der Waals surface area contributed by atoms with Gasteiger partial charge in [-0.25, -0.2) is 0 Å². The Balaban J connectivity index is 1.55. The van der Waals surface area contributed by atoms with Crippen LogP contribution in [-0.2, 0) is 0 Å². The van der Waals surface area contributed by atoms with Gasteiger partial charge in [0.05, 0.1) is 11.2 Å². The van der Waals surface area contributed by atoms with Crippen molar-refractivity contribution in [3.8, 4) is 6.07 Å². The predicted octanol–water partition coefficient (Wildman–Crippen LogP) is 2.92. The number of aromatic amines is 1. The van der Waals surface area contributed by atoms with E-state index in [1.807, 2.05) is 6.07 Å². The van der Waals surface area contributed by atoms with E-state index in [0.717, 1.165) is 55.9 Å². The molecule has 1 aromatic heterocycles. The molecule has 1 aliphatic carbocycles. The van der Waals surface area contributed by atoms with Crippen LogP contribution in [-0.4, -0.2) is 56.2 Å². The van der Waals surface area contributed by atoms with Crippen LogP contribution >= 0.6 is 0 Å². The van der Waals surface area contributed by atoms with E-state index < -0.39 is 0 Å². The molecular weight excluding hydrogens is 362 g/mol. The second-order valence-corrected chi connectivity index (χ2v) is 9.15. The summed E-state index contributed by atoms with van der Waals surface area (Å²) in [5, 5.41) is 10.8. The zero-order chi connectivity index (χ0) is 20.0. The molecule has 0 amide bonds. The van der Waals surface area contributed by atoms with Crippen LogP contribution < -0.4 is 15.4 Å². The Labute approximate surface area is 171 Å². The summed E-state index contributed by atoms with van der Waals surface area (Å²) >= 11 is 0. The molecule has 0 atom stereocenters. The number of pyridine rings is 1. The molecule has 6 nitrogen and oxygen atoms in total. The number of nitrogens with one attached hydrogen (secondary N) is 1. The van der Waals surface area contributed by atoms with E-state index in [4.69, 9.17) is 0 Å². The van der Waals surface area contributed by atoms with Crippen molar-refractivity contribution < 1.29 is 0 Å². The molecule has 1 spiro atoms. The zero-order valence-electron chi connectivity index (χ0n) is 17.2. The highest BCUT2D eigenvalue weighted by Crippen LogP contribution is 2.49. The number of H-pyrrole nitrogens is 1. The molecule has 2 saturated heterocycles. The molecule has 6 heteroatoms. The Morgan fingerprint density at radius 3 is 2.34 bits per heavy atom. The first-order valence-electron chi connectivity index (χ1n) is 10.9. The van der Waals surface area contributed by atoms with E-state index in [0.29, 0.717) is 5.41 Å². The summed E-state index contributed by atoms with van der Waals surface area (Å²) in [6, 6.07) is 8.48. The first-order chi connectivity index (χ1) is 14.1. The fraction of sp³-hybridized carbons (Fsp3) is 0.565. The third-order valence-corrected chi connectivity index (χ3v) is 7.51. The van der Waals surface area contributed by atoms with Gasteiger partial charge in [0.15, 0.2) is 0 Å².